The molecule has 29 heavy (non-hydrogen) atoms. The van der Waals surface area contributed by atoms with E-state index >= 15 is 0 Å². The first-order chi connectivity index (χ1) is 13.9. The van der Waals surface area contributed by atoms with E-state index in [4.69, 9.17) is 4.74 Å². The van der Waals surface area contributed by atoms with Gasteiger partial charge in [0.25, 0.3) is 15.9 Å². The van der Waals surface area contributed by atoms with Crippen molar-refractivity contribution in [2.45, 2.75) is 25.4 Å². The Kier molecular flexibility index (Phi) is 6.18. The van der Waals surface area contributed by atoms with Crippen LogP contribution in [0.2, 0.25) is 0 Å². The van der Waals surface area contributed by atoms with E-state index in [1.807, 2.05) is 38.1 Å². The summed E-state index contributed by atoms with van der Waals surface area (Å²) in [6.07, 6.45) is 1.19. The number of hydrogen-bond donors (Lipinski definition) is 3. The molecule has 2 aromatic carbocycles. The van der Waals surface area contributed by atoms with Crippen LogP contribution in [0.3, 0.4) is 0 Å². The standard InChI is InChI=1S/C20H22N4O4S/c1-3-28-17-10-6-15(7-11-17)12-21-19(25)18-13-22-23-20(18)29(26,27)24-16-8-4-14(2)5-9-16/h4-11,13,24H,3,12H2,1-2H3,(H,21,25)(H,22,23). The van der Waals surface area contributed by atoms with E-state index in [2.05, 4.69) is 20.2 Å². The fourth-order valence-electron chi connectivity index (χ4n) is 2.62. The largest absolute Gasteiger partial charge is 0.494 e. The lowest BCUT2D eigenvalue weighted by molar-refractivity contribution is 0.0947. The second kappa shape index (κ2) is 8.78. The lowest BCUT2D eigenvalue weighted by Crippen LogP contribution is -2.25. The van der Waals surface area contributed by atoms with Crippen LogP contribution in [0.1, 0.15) is 28.4 Å². The van der Waals surface area contributed by atoms with Gasteiger partial charge in [0.1, 0.15) is 5.75 Å². The highest BCUT2D eigenvalue weighted by Gasteiger charge is 2.25. The molecule has 1 heterocycles. The summed E-state index contributed by atoms with van der Waals surface area (Å²) in [6.45, 7) is 4.62. The second-order valence-corrected chi connectivity index (χ2v) is 7.96. The molecule has 0 unspecified atom stereocenters. The fraction of sp³-hybridized carbons (Fsp3) is 0.200. The van der Waals surface area contributed by atoms with Crippen LogP contribution in [-0.2, 0) is 16.6 Å². The van der Waals surface area contributed by atoms with Crippen LogP contribution in [-0.4, -0.2) is 31.1 Å². The summed E-state index contributed by atoms with van der Waals surface area (Å²) in [4.78, 5) is 12.5. The maximum Gasteiger partial charge on any atom is 0.279 e. The molecule has 0 bridgehead atoms. The number of aromatic amines is 1. The van der Waals surface area contributed by atoms with Crippen molar-refractivity contribution in [2.75, 3.05) is 11.3 Å². The lowest BCUT2D eigenvalue weighted by Gasteiger charge is -2.09. The van der Waals surface area contributed by atoms with Crippen molar-refractivity contribution in [1.82, 2.24) is 15.5 Å². The summed E-state index contributed by atoms with van der Waals surface area (Å²) in [5.74, 6) is 0.199. The van der Waals surface area contributed by atoms with Crippen LogP contribution in [0.25, 0.3) is 0 Å². The average molecular weight is 414 g/mol. The number of sulfonamides is 1. The summed E-state index contributed by atoms with van der Waals surface area (Å²) >= 11 is 0. The molecule has 8 nitrogen and oxygen atoms in total. The summed E-state index contributed by atoms with van der Waals surface area (Å²) in [6, 6.07) is 14.2. The van der Waals surface area contributed by atoms with Gasteiger partial charge in [0.15, 0.2) is 5.03 Å². The van der Waals surface area contributed by atoms with E-state index in [1.165, 1.54) is 6.20 Å². The molecule has 0 saturated heterocycles. The Balaban J connectivity index is 1.69. The highest BCUT2D eigenvalue weighted by Crippen LogP contribution is 2.18. The number of benzene rings is 2. The van der Waals surface area contributed by atoms with Crippen LogP contribution in [0.15, 0.2) is 59.8 Å². The van der Waals surface area contributed by atoms with Crippen LogP contribution in [0.5, 0.6) is 5.75 Å². The Morgan fingerprint density at radius 1 is 1.10 bits per heavy atom. The van der Waals surface area contributed by atoms with Crippen molar-refractivity contribution in [3.8, 4) is 5.75 Å². The van der Waals surface area contributed by atoms with Gasteiger partial charge in [-0.05, 0) is 43.7 Å². The third kappa shape index (κ3) is 5.14. The molecule has 3 rings (SSSR count). The van der Waals surface area contributed by atoms with Gasteiger partial charge in [-0.25, -0.2) is 0 Å². The summed E-state index contributed by atoms with van der Waals surface area (Å²) in [5.41, 5.74) is 2.19. The quantitative estimate of drug-likeness (QED) is 0.525. The van der Waals surface area contributed by atoms with Gasteiger partial charge in [0.05, 0.1) is 18.4 Å². The molecule has 0 atom stereocenters. The highest BCUT2D eigenvalue weighted by atomic mass is 32.2. The lowest BCUT2D eigenvalue weighted by atomic mass is 10.2. The Morgan fingerprint density at radius 2 is 1.79 bits per heavy atom. The number of ether oxygens (including phenoxy) is 1. The fourth-order valence-corrected chi connectivity index (χ4v) is 3.77. The first-order valence-electron chi connectivity index (χ1n) is 9.02. The van der Waals surface area contributed by atoms with Crippen molar-refractivity contribution < 1.29 is 17.9 Å². The molecular formula is C20H22N4O4S. The van der Waals surface area contributed by atoms with Gasteiger partial charge < -0.3 is 10.1 Å². The number of aromatic nitrogens is 2. The average Bonchev–Trinajstić information content (AvgIpc) is 3.20. The third-order valence-corrected chi connectivity index (χ3v) is 5.46. The number of nitrogens with one attached hydrogen (secondary N) is 3. The highest BCUT2D eigenvalue weighted by molar-refractivity contribution is 7.92. The van der Waals surface area contributed by atoms with Crippen molar-refractivity contribution >= 4 is 21.6 Å². The molecule has 0 fully saturated rings. The van der Waals surface area contributed by atoms with Crippen molar-refractivity contribution in [3.63, 3.8) is 0 Å². The molecule has 1 amide bonds. The Labute approximate surface area is 169 Å². The topological polar surface area (TPSA) is 113 Å². The van der Waals surface area contributed by atoms with E-state index in [9.17, 15) is 13.2 Å². The van der Waals surface area contributed by atoms with Gasteiger partial charge in [-0.2, -0.15) is 13.5 Å². The van der Waals surface area contributed by atoms with Crippen LogP contribution in [0, 0.1) is 6.92 Å². The molecule has 0 saturated carbocycles. The third-order valence-electron chi connectivity index (χ3n) is 4.11. The normalized spacial score (nSPS) is 11.1. The smallest absolute Gasteiger partial charge is 0.279 e. The number of H-pyrrole nitrogens is 1. The molecule has 3 aromatic rings. The van der Waals surface area contributed by atoms with Gasteiger partial charge in [0.2, 0.25) is 0 Å². The van der Waals surface area contributed by atoms with Crippen LogP contribution in [0.4, 0.5) is 5.69 Å². The zero-order chi connectivity index (χ0) is 20.9. The number of amides is 1. The monoisotopic (exact) mass is 414 g/mol. The van der Waals surface area contributed by atoms with Gasteiger partial charge >= 0.3 is 0 Å². The molecule has 0 aliphatic rings. The zero-order valence-corrected chi connectivity index (χ0v) is 16.9. The van der Waals surface area contributed by atoms with Crippen LogP contribution < -0.4 is 14.8 Å². The minimum absolute atomic E-state index is 0.0597. The maximum absolute atomic E-state index is 12.7. The van der Waals surface area contributed by atoms with E-state index < -0.39 is 15.9 Å². The van der Waals surface area contributed by atoms with Crippen molar-refractivity contribution in [3.05, 3.63) is 71.4 Å². The summed E-state index contributed by atoms with van der Waals surface area (Å²) < 4.78 is 33.2. The maximum atomic E-state index is 12.7. The number of rotatable bonds is 8. The van der Waals surface area contributed by atoms with E-state index in [0.29, 0.717) is 12.3 Å². The van der Waals surface area contributed by atoms with Gasteiger partial charge in [-0.15, -0.1) is 0 Å². The Morgan fingerprint density at radius 3 is 2.45 bits per heavy atom. The molecule has 1 aromatic heterocycles. The minimum atomic E-state index is -4.00. The van der Waals surface area contributed by atoms with E-state index in [1.54, 1.807) is 24.3 Å². The predicted octanol–water partition coefficient (Wildman–Crippen LogP) is 2.85. The number of anilines is 1. The predicted molar refractivity (Wildman–Crippen MR) is 109 cm³/mol. The first-order valence-corrected chi connectivity index (χ1v) is 10.5. The zero-order valence-electron chi connectivity index (χ0n) is 16.1. The van der Waals surface area contributed by atoms with E-state index in [0.717, 1.165) is 16.9 Å². The Hall–Kier alpha value is -3.33. The molecule has 0 spiro atoms. The van der Waals surface area contributed by atoms with Gasteiger partial charge in [0, 0.05) is 12.2 Å². The Bertz CT molecular complexity index is 1070. The molecular weight excluding hydrogens is 392 g/mol. The van der Waals surface area contributed by atoms with Crippen LogP contribution >= 0.6 is 0 Å². The number of aryl methyl sites for hydroxylation is 1. The molecule has 0 radical (unpaired) electrons. The van der Waals surface area contributed by atoms with Gasteiger partial charge in [-0.1, -0.05) is 29.8 Å². The van der Waals surface area contributed by atoms with E-state index in [-0.39, 0.29) is 17.1 Å². The summed E-state index contributed by atoms with van der Waals surface area (Å²) in [5, 5.41) is 8.55. The number of carbonyl (C=O) groups is 1. The SMILES string of the molecule is CCOc1ccc(CNC(=O)c2cn[nH]c2S(=O)(=O)Nc2ccc(C)cc2)cc1. The molecule has 9 heteroatoms. The van der Waals surface area contributed by atoms with Crippen molar-refractivity contribution in [1.29, 1.82) is 0 Å². The second-order valence-electron chi connectivity index (χ2n) is 6.34. The molecule has 0 aliphatic carbocycles. The summed E-state index contributed by atoms with van der Waals surface area (Å²) in [7, 11) is -4.00. The molecule has 3 N–H and O–H groups in total. The number of carbonyl (C=O) groups excluding carboxylic acids is 1. The first kappa shape index (κ1) is 20.4. The molecule has 152 valence electrons. The number of hydrogen-bond acceptors (Lipinski definition) is 5. The molecule has 0 aliphatic heterocycles. The minimum Gasteiger partial charge on any atom is -0.494 e. The van der Waals surface area contributed by atoms with Gasteiger partial charge in [-0.3, -0.25) is 14.6 Å². The number of nitrogens with zero attached hydrogens (tertiary/aromatic N) is 1. The van der Waals surface area contributed by atoms with Crippen molar-refractivity contribution in [2.24, 2.45) is 0 Å².